The van der Waals surface area contributed by atoms with Crippen LogP contribution in [0.15, 0.2) is 30.6 Å². The minimum atomic E-state index is -0.532. The number of amides is 1. The van der Waals surface area contributed by atoms with E-state index in [1.807, 2.05) is 0 Å². The summed E-state index contributed by atoms with van der Waals surface area (Å²) in [5, 5.41) is 6.84. The summed E-state index contributed by atoms with van der Waals surface area (Å²) in [6, 6.07) is 5.56. The van der Waals surface area contributed by atoms with Gasteiger partial charge in [-0.25, -0.2) is 9.37 Å². The molecule has 1 aromatic heterocycles. The first-order valence-corrected chi connectivity index (χ1v) is 7.01. The highest BCUT2D eigenvalue weighted by atomic mass is 19.1. The van der Waals surface area contributed by atoms with Crippen molar-refractivity contribution in [1.29, 1.82) is 0 Å². The summed E-state index contributed by atoms with van der Waals surface area (Å²) in [4.78, 5) is 18.3. The lowest BCUT2D eigenvalue weighted by Crippen LogP contribution is -2.38. The Morgan fingerprint density at radius 3 is 2.82 bits per heavy atom. The van der Waals surface area contributed by atoms with E-state index in [2.05, 4.69) is 15.4 Å². The molecule has 1 heterocycles. The first kappa shape index (κ1) is 16.1. The smallest absolute Gasteiger partial charge is 0.241 e. The van der Waals surface area contributed by atoms with E-state index in [-0.39, 0.29) is 11.7 Å². The van der Waals surface area contributed by atoms with Gasteiger partial charge in [-0.2, -0.15) is 5.10 Å². The van der Waals surface area contributed by atoms with Crippen LogP contribution in [0.3, 0.4) is 0 Å². The van der Waals surface area contributed by atoms with Crippen LogP contribution < -0.4 is 5.32 Å². The molecule has 2 rings (SSSR count). The summed E-state index contributed by atoms with van der Waals surface area (Å²) < 4.78 is 15.0. The van der Waals surface area contributed by atoms with Crippen LogP contribution in [0.4, 0.5) is 4.39 Å². The van der Waals surface area contributed by atoms with Gasteiger partial charge < -0.3 is 5.32 Å². The summed E-state index contributed by atoms with van der Waals surface area (Å²) in [7, 11) is 5.38. The third kappa shape index (κ3) is 3.88. The van der Waals surface area contributed by atoms with Crippen molar-refractivity contribution in [2.24, 2.45) is 7.05 Å². The van der Waals surface area contributed by atoms with Crippen molar-refractivity contribution in [3.8, 4) is 0 Å². The average molecular weight is 305 g/mol. The molecule has 0 saturated heterocycles. The number of benzene rings is 1. The second-order valence-electron chi connectivity index (χ2n) is 5.26. The van der Waals surface area contributed by atoms with Crippen LogP contribution >= 0.6 is 0 Å². The van der Waals surface area contributed by atoms with E-state index in [0.717, 1.165) is 5.82 Å². The first-order chi connectivity index (χ1) is 10.5. The van der Waals surface area contributed by atoms with Gasteiger partial charge in [-0.3, -0.25) is 14.4 Å². The van der Waals surface area contributed by atoms with Crippen molar-refractivity contribution in [3.05, 3.63) is 47.8 Å². The van der Waals surface area contributed by atoms with Gasteiger partial charge in [-0.05, 0) is 31.8 Å². The maximum Gasteiger partial charge on any atom is 0.241 e. The molecule has 22 heavy (non-hydrogen) atoms. The first-order valence-electron chi connectivity index (χ1n) is 7.01. The van der Waals surface area contributed by atoms with Gasteiger partial charge in [0.2, 0.25) is 5.91 Å². The van der Waals surface area contributed by atoms with Crippen molar-refractivity contribution in [2.75, 3.05) is 20.6 Å². The van der Waals surface area contributed by atoms with E-state index in [1.54, 1.807) is 42.9 Å². The van der Waals surface area contributed by atoms with Gasteiger partial charge in [0.05, 0.1) is 0 Å². The van der Waals surface area contributed by atoms with Crippen LogP contribution in [0, 0.1) is 5.82 Å². The van der Waals surface area contributed by atoms with E-state index in [0.29, 0.717) is 18.5 Å². The van der Waals surface area contributed by atoms with Gasteiger partial charge in [0, 0.05) is 20.0 Å². The lowest BCUT2D eigenvalue weighted by Gasteiger charge is -2.23. The van der Waals surface area contributed by atoms with Crippen molar-refractivity contribution >= 4 is 5.91 Å². The highest BCUT2D eigenvalue weighted by Gasteiger charge is 2.23. The van der Waals surface area contributed by atoms with Gasteiger partial charge >= 0.3 is 0 Å². The molecule has 0 aliphatic heterocycles. The zero-order valence-electron chi connectivity index (χ0n) is 13.0. The Bertz CT molecular complexity index is 640. The lowest BCUT2D eigenvalue weighted by molar-refractivity contribution is -0.125. The number of nitrogens with zero attached hydrogens (tertiary/aromatic N) is 4. The van der Waals surface area contributed by atoms with Gasteiger partial charge in [0.1, 0.15) is 24.0 Å². The molecule has 0 saturated carbocycles. The molecule has 1 unspecified atom stereocenters. The molecular weight excluding hydrogens is 285 g/mol. The van der Waals surface area contributed by atoms with Crippen LogP contribution in [-0.4, -0.2) is 46.2 Å². The van der Waals surface area contributed by atoms with Crippen molar-refractivity contribution in [3.63, 3.8) is 0 Å². The standard InChI is InChI=1S/C15H20FN5O/c1-20(2)14(11-5-4-6-12(16)9-11)15(22)17-8-7-13-18-10-19-21(13)3/h4-6,9-10,14H,7-8H2,1-3H3,(H,17,22). The molecule has 2 aromatic rings. The molecule has 7 heteroatoms. The molecule has 0 bridgehead atoms. The number of likely N-dealkylation sites (N-methyl/N-ethyl adjacent to an activating group) is 1. The summed E-state index contributed by atoms with van der Waals surface area (Å²) >= 11 is 0. The molecule has 0 spiro atoms. The molecule has 0 aliphatic rings. The normalized spacial score (nSPS) is 12.4. The summed E-state index contributed by atoms with van der Waals surface area (Å²) in [5.74, 6) is 0.279. The van der Waals surface area contributed by atoms with Gasteiger partial charge in [0.15, 0.2) is 0 Å². The van der Waals surface area contributed by atoms with Crippen LogP contribution in [0.5, 0.6) is 0 Å². The van der Waals surface area contributed by atoms with Crippen LogP contribution in [-0.2, 0) is 18.3 Å². The highest BCUT2D eigenvalue weighted by molar-refractivity contribution is 5.83. The molecule has 6 nitrogen and oxygen atoms in total. The number of carbonyl (C=O) groups excluding carboxylic acids is 1. The number of nitrogens with one attached hydrogen (secondary N) is 1. The fraction of sp³-hybridized carbons (Fsp3) is 0.400. The predicted molar refractivity (Wildman–Crippen MR) is 80.5 cm³/mol. The predicted octanol–water partition coefficient (Wildman–Crippen LogP) is 0.916. The van der Waals surface area contributed by atoms with Crippen LogP contribution in [0.1, 0.15) is 17.4 Å². The van der Waals surface area contributed by atoms with E-state index < -0.39 is 6.04 Å². The SMILES string of the molecule is CN(C)C(C(=O)NCCc1ncnn1C)c1cccc(F)c1. The highest BCUT2D eigenvalue weighted by Crippen LogP contribution is 2.19. The molecule has 0 aliphatic carbocycles. The molecule has 0 fully saturated rings. The summed E-state index contributed by atoms with van der Waals surface area (Å²) in [6.45, 7) is 0.449. The monoisotopic (exact) mass is 305 g/mol. The van der Waals surface area contributed by atoms with E-state index in [1.165, 1.54) is 18.5 Å². The Kier molecular flexibility index (Phi) is 5.21. The quantitative estimate of drug-likeness (QED) is 0.862. The third-order valence-electron chi connectivity index (χ3n) is 3.38. The van der Waals surface area contributed by atoms with Crippen molar-refractivity contribution < 1.29 is 9.18 Å². The Morgan fingerprint density at radius 2 is 2.23 bits per heavy atom. The molecule has 1 amide bonds. The summed E-state index contributed by atoms with van der Waals surface area (Å²) in [5.41, 5.74) is 0.626. The zero-order chi connectivity index (χ0) is 16.1. The Labute approximate surface area is 129 Å². The number of carbonyl (C=O) groups is 1. The Hall–Kier alpha value is -2.28. The Balaban J connectivity index is 2.00. The largest absolute Gasteiger partial charge is 0.354 e. The van der Waals surface area contributed by atoms with Gasteiger partial charge in [-0.1, -0.05) is 12.1 Å². The van der Waals surface area contributed by atoms with E-state index >= 15 is 0 Å². The van der Waals surface area contributed by atoms with Gasteiger partial charge in [-0.15, -0.1) is 0 Å². The number of aromatic nitrogens is 3. The maximum atomic E-state index is 13.4. The molecule has 1 N–H and O–H groups in total. The minimum absolute atomic E-state index is 0.169. The zero-order valence-corrected chi connectivity index (χ0v) is 13.0. The van der Waals surface area contributed by atoms with Crippen molar-refractivity contribution in [2.45, 2.75) is 12.5 Å². The molecule has 0 radical (unpaired) electrons. The third-order valence-corrected chi connectivity index (χ3v) is 3.38. The lowest BCUT2D eigenvalue weighted by atomic mass is 10.1. The van der Waals surface area contributed by atoms with Crippen molar-refractivity contribution in [1.82, 2.24) is 25.0 Å². The number of halogens is 1. The fourth-order valence-corrected chi connectivity index (χ4v) is 2.30. The van der Waals surface area contributed by atoms with Gasteiger partial charge in [0.25, 0.3) is 0 Å². The minimum Gasteiger partial charge on any atom is -0.354 e. The molecular formula is C15H20FN5O. The second-order valence-corrected chi connectivity index (χ2v) is 5.26. The average Bonchev–Trinajstić information content (AvgIpc) is 2.84. The fourth-order valence-electron chi connectivity index (χ4n) is 2.30. The molecule has 118 valence electrons. The number of aryl methyl sites for hydroxylation is 1. The second kappa shape index (κ2) is 7.13. The van der Waals surface area contributed by atoms with Crippen LogP contribution in [0.2, 0.25) is 0 Å². The molecule has 1 atom stereocenters. The van der Waals surface area contributed by atoms with Crippen LogP contribution in [0.25, 0.3) is 0 Å². The number of rotatable bonds is 6. The topological polar surface area (TPSA) is 63.1 Å². The molecule has 1 aromatic carbocycles. The Morgan fingerprint density at radius 1 is 1.45 bits per heavy atom. The maximum absolute atomic E-state index is 13.4. The van der Waals surface area contributed by atoms with E-state index in [4.69, 9.17) is 0 Å². The van der Waals surface area contributed by atoms with E-state index in [9.17, 15) is 9.18 Å². The number of hydrogen-bond acceptors (Lipinski definition) is 4. The summed E-state index contributed by atoms with van der Waals surface area (Å²) in [6.07, 6.45) is 2.07. The number of hydrogen-bond donors (Lipinski definition) is 1.